The highest BCUT2D eigenvalue weighted by Crippen LogP contribution is 2.31. The molecule has 17 heavy (non-hydrogen) atoms. The Balaban J connectivity index is 2.14. The predicted octanol–water partition coefficient (Wildman–Crippen LogP) is 4.73. The molecule has 2 aromatic heterocycles. The van der Waals surface area contributed by atoms with Gasteiger partial charge in [0.25, 0.3) is 0 Å². The predicted molar refractivity (Wildman–Crippen MR) is 76.2 cm³/mol. The average Bonchev–Trinajstić information content (AvgIpc) is 2.94. The Kier molecular flexibility index (Phi) is 4.32. The molecule has 0 aliphatic heterocycles. The summed E-state index contributed by atoms with van der Waals surface area (Å²) in [5, 5.41) is 14.1. The van der Waals surface area contributed by atoms with E-state index in [1.54, 1.807) is 22.7 Å². The highest BCUT2D eigenvalue weighted by Gasteiger charge is 2.11. The average molecular weight is 327 g/mol. The fraction of sp³-hybridized carbons (Fsp3) is 0.333. The van der Waals surface area contributed by atoms with Crippen molar-refractivity contribution in [2.24, 2.45) is 5.92 Å². The molecule has 0 saturated carbocycles. The first-order valence-corrected chi connectivity index (χ1v) is 7.86. The summed E-state index contributed by atoms with van der Waals surface area (Å²) in [5.74, 6) is 0.0871. The van der Waals surface area contributed by atoms with Gasteiger partial charge in [-0.3, -0.25) is 0 Å². The van der Waals surface area contributed by atoms with Crippen molar-refractivity contribution >= 4 is 38.6 Å². The molecule has 2 rings (SSSR count). The molecule has 1 atom stereocenters. The van der Waals surface area contributed by atoms with E-state index in [-0.39, 0.29) is 5.92 Å². The molecule has 1 unspecified atom stereocenters. The van der Waals surface area contributed by atoms with Crippen LogP contribution in [0, 0.1) is 17.2 Å². The largest absolute Gasteiger partial charge is 0.240 e. The summed E-state index contributed by atoms with van der Waals surface area (Å²) in [7, 11) is 0. The van der Waals surface area contributed by atoms with E-state index in [1.807, 2.05) is 6.92 Å². The molecule has 5 heteroatoms. The monoisotopic (exact) mass is 326 g/mol. The molecule has 0 aliphatic rings. The van der Waals surface area contributed by atoms with Gasteiger partial charge in [-0.05, 0) is 28.4 Å². The Morgan fingerprint density at radius 1 is 1.47 bits per heavy atom. The van der Waals surface area contributed by atoms with E-state index >= 15 is 0 Å². The molecular formula is C12H11BrN2S2. The van der Waals surface area contributed by atoms with Gasteiger partial charge in [-0.15, -0.1) is 22.7 Å². The van der Waals surface area contributed by atoms with Gasteiger partial charge in [0.2, 0.25) is 0 Å². The summed E-state index contributed by atoms with van der Waals surface area (Å²) < 4.78 is 1.09. The van der Waals surface area contributed by atoms with Crippen LogP contribution in [0.4, 0.5) is 0 Å². The van der Waals surface area contributed by atoms with Crippen LogP contribution in [0.15, 0.2) is 21.3 Å². The molecule has 2 nitrogen and oxygen atoms in total. The minimum atomic E-state index is 0.0871. The van der Waals surface area contributed by atoms with Gasteiger partial charge in [0.15, 0.2) is 0 Å². The van der Waals surface area contributed by atoms with E-state index < -0.39 is 0 Å². The lowest BCUT2D eigenvalue weighted by Gasteiger charge is -2.00. The maximum absolute atomic E-state index is 8.94. The van der Waals surface area contributed by atoms with E-state index in [0.717, 1.165) is 28.0 Å². The van der Waals surface area contributed by atoms with Crippen LogP contribution >= 0.6 is 38.6 Å². The van der Waals surface area contributed by atoms with Gasteiger partial charge >= 0.3 is 0 Å². The summed E-state index contributed by atoms with van der Waals surface area (Å²) in [6.45, 7) is 2.04. The summed E-state index contributed by atoms with van der Waals surface area (Å²) >= 11 is 6.76. The molecule has 2 heterocycles. The maximum atomic E-state index is 8.94. The lowest BCUT2D eigenvalue weighted by molar-refractivity contribution is 0.636. The molecule has 0 amide bonds. The van der Waals surface area contributed by atoms with Crippen LogP contribution < -0.4 is 0 Å². The van der Waals surface area contributed by atoms with Crippen molar-refractivity contribution in [1.82, 2.24) is 4.98 Å². The second-order valence-electron chi connectivity index (χ2n) is 3.69. The molecule has 0 N–H and O–H groups in total. The lowest BCUT2D eigenvalue weighted by atomic mass is 10.1. The number of thiophene rings is 1. The number of thiazole rings is 1. The van der Waals surface area contributed by atoms with Gasteiger partial charge in [-0.1, -0.05) is 6.92 Å². The lowest BCUT2D eigenvalue weighted by Crippen LogP contribution is -1.99. The van der Waals surface area contributed by atoms with Crippen LogP contribution in [-0.4, -0.2) is 4.98 Å². The van der Waals surface area contributed by atoms with Gasteiger partial charge in [-0.2, -0.15) is 5.26 Å². The Hall–Kier alpha value is -0.700. The van der Waals surface area contributed by atoms with E-state index in [0.29, 0.717) is 0 Å². The summed E-state index contributed by atoms with van der Waals surface area (Å²) in [6, 6.07) is 4.39. The minimum absolute atomic E-state index is 0.0871. The van der Waals surface area contributed by atoms with Gasteiger partial charge in [-0.25, -0.2) is 4.98 Å². The maximum Gasteiger partial charge on any atom is 0.0946 e. The Morgan fingerprint density at radius 2 is 2.29 bits per heavy atom. The minimum Gasteiger partial charge on any atom is -0.240 e. The van der Waals surface area contributed by atoms with Crippen LogP contribution in [0.1, 0.15) is 18.4 Å². The van der Waals surface area contributed by atoms with Crippen molar-refractivity contribution in [1.29, 1.82) is 5.26 Å². The quantitative estimate of drug-likeness (QED) is 0.814. The molecule has 0 saturated heterocycles. The van der Waals surface area contributed by atoms with Crippen LogP contribution in [0.5, 0.6) is 0 Å². The molecule has 0 radical (unpaired) electrons. The second kappa shape index (κ2) is 5.76. The summed E-state index contributed by atoms with van der Waals surface area (Å²) in [6.07, 6.45) is 1.65. The van der Waals surface area contributed by atoms with Crippen LogP contribution in [0.2, 0.25) is 0 Å². The molecule has 0 fully saturated rings. The molecule has 0 aliphatic carbocycles. The molecule has 0 aromatic carbocycles. The van der Waals surface area contributed by atoms with Crippen molar-refractivity contribution in [3.05, 3.63) is 26.3 Å². The van der Waals surface area contributed by atoms with Gasteiger partial charge in [0.1, 0.15) is 0 Å². The number of hydrogen-bond acceptors (Lipinski definition) is 4. The third-order valence-electron chi connectivity index (χ3n) is 2.47. The van der Waals surface area contributed by atoms with E-state index in [4.69, 9.17) is 5.26 Å². The standard InChI is InChI=1S/C12H11BrN2S2/c1-2-8(5-14)3-12-15-10(7-17-12)11-4-9(13)6-16-11/h4,6-8H,2-3H2,1H3. The Labute approximate surface area is 117 Å². The third kappa shape index (κ3) is 3.15. The highest BCUT2D eigenvalue weighted by atomic mass is 79.9. The number of nitrogens with zero attached hydrogens (tertiary/aromatic N) is 2. The van der Waals surface area contributed by atoms with E-state index in [9.17, 15) is 0 Å². The molecule has 0 spiro atoms. The molecule has 0 bridgehead atoms. The zero-order valence-electron chi connectivity index (χ0n) is 9.31. The number of halogens is 1. The SMILES string of the molecule is CCC(C#N)Cc1nc(-c2cc(Br)cs2)cs1. The Morgan fingerprint density at radius 3 is 2.88 bits per heavy atom. The second-order valence-corrected chi connectivity index (χ2v) is 6.46. The third-order valence-corrected chi connectivity index (χ3v) is 5.05. The van der Waals surface area contributed by atoms with Gasteiger partial charge in [0, 0.05) is 21.7 Å². The normalized spacial score (nSPS) is 12.3. The zero-order valence-corrected chi connectivity index (χ0v) is 12.5. The van der Waals surface area contributed by atoms with E-state index in [1.165, 1.54) is 4.88 Å². The fourth-order valence-corrected chi connectivity index (χ4v) is 3.80. The molecule has 2 aromatic rings. The molecule has 88 valence electrons. The Bertz CT molecular complexity index is 539. The summed E-state index contributed by atoms with van der Waals surface area (Å²) in [5.41, 5.74) is 1.02. The van der Waals surface area contributed by atoms with Crippen LogP contribution in [0.3, 0.4) is 0 Å². The fourth-order valence-electron chi connectivity index (χ4n) is 1.46. The topological polar surface area (TPSA) is 36.7 Å². The summed E-state index contributed by atoms with van der Waals surface area (Å²) in [4.78, 5) is 5.76. The number of nitriles is 1. The first kappa shape index (κ1) is 12.7. The van der Waals surface area contributed by atoms with Crippen LogP contribution in [-0.2, 0) is 6.42 Å². The van der Waals surface area contributed by atoms with Crippen molar-refractivity contribution < 1.29 is 0 Å². The molecular weight excluding hydrogens is 316 g/mol. The van der Waals surface area contributed by atoms with Crippen molar-refractivity contribution in [2.45, 2.75) is 19.8 Å². The first-order valence-electron chi connectivity index (χ1n) is 5.31. The number of rotatable bonds is 4. The highest BCUT2D eigenvalue weighted by molar-refractivity contribution is 9.10. The van der Waals surface area contributed by atoms with Crippen LogP contribution in [0.25, 0.3) is 10.6 Å². The van der Waals surface area contributed by atoms with Crippen molar-refractivity contribution in [2.75, 3.05) is 0 Å². The first-order chi connectivity index (χ1) is 8.22. The smallest absolute Gasteiger partial charge is 0.0946 e. The zero-order chi connectivity index (χ0) is 12.3. The van der Waals surface area contributed by atoms with Gasteiger partial charge in [0.05, 0.1) is 27.6 Å². The number of hydrogen-bond donors (Lipinski definition) is 0. The van der Waals surface area contributed by atoms with E-state index in [2.05, 4.69) is 43.8 Å². The number of aromatic nitrogens is 1. The van der Waals surface area contributed by atoms with Gasteiger partial charge < -0.3 is 0 Å². The van der Waals surface area contributed by atoms with Crippen molar-refractivity contribution in [3.8, 4) is 16.6 Å². The van der Waals surface area contributed by atoms with Crippen molar-refractivity contribution in [3.63, 3.8) is 0 Å².